The van der Waals surface area contributed by atoms with Crippen molar-refractivity contribution in [3.63, 3.8) is 0 Å². The van der Waals surface area contributed by atoms with Crippen LogP contribution in [0.15, 0.2) is 30.5 Å². The standard InChI is InChI=1S/C21H31BN4O5/c1-14(2)11-19(22(29)30)25-20(27)18(24-21(28)26-7-9-31-10-8-26)12-15-13-23-17-6-4-3-5-16(15)17/h3-6,13-14,18-19,23,29-30H,7-12H2,1-2H3,(H,24,28)(H,25,27)/t18-,19-/m0/s1. The number of benzene rings is 1. The summed E-state index contributed by atoms with van der Waals surface area (Å²) in [6, 6.07) is 6.53. The van der Waals surface area contributed by atoms with Crippen LogP contribution in [0.4, 0.5) is 4.79 Å². The van der Waals surface area contributed by atoms with Crippen LogP contribution in [0, 0.1) is 5.92 Å². The molecule has 3 rings (SSSR count). The molecule has 0 spiro atoms. The van der Waals surface area contributed by atoms with Gasteiger partial charge < -0.3 is 35.3 Å². The summed E-state index contributed by atoms with van der Waals surface area (Å²) in [7, 11) is -1.69. The number of ether oxygens (including phenoxy) is 1. The van der Waals surface area contributed by atoms with Gasteiger partial charge in [-0.1, -0.05) is 32.0 Å². The Hall–Kier alpha value is -2.56. The number of carbonyl (C=O) groups is 2. The minimum atomic E-state index is -1.69. The van der Waals surface area contributed by atoms with Crippen molar-refractivity contribution in [3.8, 4) is 0 Å². The first-order valence-electron chi connectivity index (χ1n) is 10.7. The van der Waals surface area contributed by atoms with Crippen molar-refractivity contribution in [2.45, 2.75) is 38.7 Å². The van der Waals surface area contributed by atoms with E-state index in [9.17, 15) is 19.6 Å². The molecule has 3 amide bonds. The third-order valence-corrected chi connectivity index (χ3v) is 5.42. The van der Waals surface area contributed by atoms with E-state index in [0.717, 1.165) is 16.5 Å². The van der Waals surface area contributed by atoms with Crippen LogP contribution in [0.1, 0.15) is 25.8 Å². The maximum Gasteiger partial charge on any atom is 0.475 e. The molecular weight excluding hydrogens is 399 g/mol. The number of nitrogens with one attached hydrogen (secondary N) is 3. The lowest BCUT2D eigenvalue weighted by Crippen LogP contribution is -2.57. The van der Waals surface area contributed by atoms with Crippen LogP contribution in [0.3, 0.4) is 0 Å². The largest absolute Gasteiger partial charge is 0.475 e. The Labute approximate surface area is 182 Å². The minimum Gasteiger partial charge on any atom is -0.426 e. The van der Waals surface area contributed by atoms with Crippen LogP contribution in [-0.4, -0.2) is 77.3 Å². The molecule has 0 radical (unpaired) electrons. The molecule has 1 saturated heterocycles. The van der Waals surface area contributed by atoms with E-state index >= 15 is 0 Å². The molecule has 5 N–H and O–H groups in total. The number of fused-ring (bicyclic) bond motifs is 1. The van der Waals surface area contributed by atoms with E-state index in [4.69, 9.17) is 4.74 Å². The molecular formula is C21H31BN4O5. The van der Waals surface area contributed by atoms with Crippen molar-refractivity contribution in [1.29, 1.82) is 0 Å². The molecule has 2 aromatic rings. The van der Waals surface area contributed by atoms with E-state index < -0.39 is 25.0 Å². The smallest absolute Gasteiger partial charge is 0.426 e. The molecule has 0 unspecified atom stereocenters. The van der Waals surface area contributed by atoms with E-state index in [1.165, 1.54) is 0 Å². The Bertz CT molecular complexity index is 882. The van der Waals surface area contributed by atoms with Crippen molar-refractivity contribution in [2.24, 2.45) is 5.92 Å². The summed E-state index contributed by atoms with van der Waals surface area (Å²) in [5, 5.41) is 25.9. The number of aromatic amines is 1. The average Bonchev–Trinajstić information content (AvgIpc) is 3.16. The summed E-state index contributed by atoms with van der Waals surface area (Å²) >= 11 is 0. The summed E-state index contributed by atoms with van der Waals surface area (Å²) in [5.41, 5.74) is 1.84. The Morgan fingerprint density at radius 2 is 1.90 bits per heavy atom. The van der Waals surface area contributed by atoms with Crippen LogP contribution < -0.4 is 10.6 Å². The summed E-state index contributed by atoms with van der Waals surface area (Å²) in [4.78, 5) is 30.7. The third kappa shape index (κ3) is 6.22. The second kappa shape index (κ2) is 10.7. The van der Waals surface area contributed by atoms with E-state index in [0.29, 0.717) is 32.7 Å². The SMILES string of the molecule is CC(C)C[C@H](NC(=O)[C@H](Cc1c[nH]c2ccccc12)NC(=O)N1CCOCC1)B(O)O. The van der Waals surface area contributed by atoms with Gasteiger partial charge in [-0.05, 0) is 24.0 Å². The highest BCUT2D eigenvalue weighted by atomic mass is 16.5. The first kappa shape index (κ1) is 23.1. The highest BCUT2D eigenvalue weighted by Gasteiger charge is 2.31. The van der Waals surface area contributed by atoms with Gasteiger partial charge >= 0.3 is 13.1 Å². The number of aromatic nitrogens is 1. The highest BCUT2D eigenvalue weighted by Crippen LogP contribution is 2.19. The number of H-pyrrole nitrogens is 1. The molecule has 1 aliphatic heterocycles. The van der Waals surface area contributed by atoms with Crippen molar-refractivity contribution >= 4 is 30.0 Å². The van der Waals surface area contributed by atoms with Crippen LogP contribution in [-0.2, 0) is 16.0 Å². The molecule has 1 aliphatic rings. The van der Waals surface area contributed by atoms with Gasteiger partial charge in [0.2, 0.25) is 5.91 Å². The number of carbonyl (C=O) groups excluding carboxylic acids is 2. The first-order valence-corrected chi connectivity index (χ1v) is 10.7. The van der Waals surface area contributed by atoms with Gasteiger partial charge in [-0.3, -0.25) is 4.79 Å². The normalized spacial score (nSPS) is 16.2. The van der Waals surface area contributed by atoms with E-state index in [1.807, 2.05) is 44.3 Å². The van der Waals surface area contributed by atoms with Crippen molar-refractivity contribution in [3.05, 3.63) is 36.0 Å². The number of nitrogens with zero attached hydrogens (tertiary/aromatic N) is 1. The molecule has 1 aromatic carbocycles. The van der Waals surface area contributed by atoms with E-state index in [1.54, 1.807) is 4.90 Å². The molecule has 0 aliphatic carbocycles. The molecule has 0 saturated carbocycles. The molecule has 168 valence electrons. The number of para-hydroxylation sites is 1. The van der Waals surface area contributed by atoms with E-state index in [-0.39, 0.29) is 18.4 Å². The van der Waals surface area contributed by atoms with Gasteiger partial charge in [0.15, 0.2) is 0 Å². The monoisotopic (exact) mass is 430 g/mol. The van der Waals surface area contributed by atoms with Gasteiger partial charge in [0.05, 0.1) is 19.2 Å². The van der Waals surface area contributed by atoms with Gasteiger partial charge in [0.1, 0.15) is 6.04 Å². The van der Waals surface area contributed by atoms with Crippen LogP contribution in [0.25, 0.3) is 10.9 Å². The Balaban J connectivity index is 1.78. The van der Waals surface area contributed by atoms with Gasteiger partial charge in [-0.2, -0.15) is 0 Å². The summed E-state index contributed by atoms with van der Waals surface area (Å²) in [6.45, 7) is 5.70. The maximum absolute atomic E-state index is 13.1. The van der Waals surface area contributed by atoms with Gasteiger partial charge in [-0.25, -0.2) is 4.79 Å². The van der Waals surface area contributed by atoms with Crippen LogP contribution in [0.5, 0.6) is 0 Å². The lowest BCUT2D eigenvalue weighted by molar-refractivity contribution is -0.123. The maximum atomic E-state index is 13.1. The molecule has 2 heterocycles. The molecule has 9 nitrogen and oxygen atoms in total. The minimum absolute atomic E-state index is 0.155. The number of morpholine rings is 1. The van der Waals surface area contributed by atoms with Crippen molar-refractivity contribution in [1.82, 2.24) is 20.5 Å². The molecule has 1 aromatic heterocycles. The quantitative estimate of drug-likeness (QED) is 0.394. The fourth-order valence-corrected chi connectivity index (χ4v) is 3.78. The molecule has 0 bridgehead atoms. The predicted molar refractivity (Wildman–Crippen MR) is 118 cm³/mol. The van der Waals surface area contributed by atoms with Crippen molar-refractivity contribution < 1.29 is 24.4 Å². The van der Waals surface area contributed by atoms with Gasteiger partial charge in [-0.15, -0.1) is 0 Å². The number of urea groups is 1. The fourth-order valence-electron chi connectivity index (χ4n) is 3.78. The van der Waals surface area contributed by atoms with Gasteiger partial charge in [0, 0.05) is 36.6 Å². The lowest BCUT2D eigenvalue weighted by Gasteiger charge is -2.30. The lowest BCUT2D eigenvalue weighted by atomic mass is 9.75. The number of hydrogen-bond donors (Lipinski definition) is 5. The van der Waals surface area contributed by atoms with Gasteiger partial charge in [0.25, 0.3) is 0 Å². The highest BCUT2D eigenvalue weighted by molar-refractivity contribution is 6.43. The first-order chi connectivity index (χ1) is 14.8. The van der Waals surface area contributed by atoms with Crippen LogP contribution >= 0.6 is 0 Å². The molecule has 2 atom stereocenters. The molecule has 10 heteroatoms. The predicted octanol–water partition coefficient (Wildman–Crippen LogP) is 0.664. The number of rotatable bonds is 8. The van der Waals surface area contributed by atoms with Crippen LogP contribution in [0.2, 0.25) is 0 Å². The Morgan fingerprint density at radius 1 is 1.19 bits per heavy atom. The zero-order valence-electron chi connectivity index (χ0n) is 18.0. The third-order valence-electron chi connectivity index (χ3n) is 5.42. The van der Waals surface area contributed by atoms with Crippen molar-refractivity contribution in [2.75, 3.05) is 26.3 Å². The zero-order valence-corrected chi connectivity index (χ0v) is 18.0. The summed E-state index contributed by atoms with van der Waals surface area (Å²) in [6.07, 6.45) is 2.50. The summed E-state index contributed by atoms with van der Waals surface area (Å²) in [5.74, 6) is -1.12. The fraction of sp³-hybridized carbons (Fsp3) is 0.524. The van der Waals surface area contributed by atoms with E-state index in [2.05, 4.69) is 15.6 Å². The number of hydrogen-bond acceptors (Lipinski definition) is 5. The Morgan fingerprint density at radius 3 is 2.58 bits per heavy atom. The molecule has 31 heavy (non-hydrogen) atoms. The second-order valence-electron chi connectivity index (χ2n) is 8.32. The molecule has 1 fully saturated rings. The average molecular weight is 430 g/mol. The topological polar surface area (TPSA) is 127 Å². The Kier molecular flexibility index (Phi) is 7.94. The number of amides is 3. The zero-order chi connectivity index (χ0) is 22.4. The second-order valence-corrected chi connectivity index (χ2v) is 8.32. The summed E-state index contributed by atoms with van der Waals surface area (Å²) < 4.78 is 5.29.